The molecule has 9 heteroatoms. The standard InChI is InChI=1S/C23H26F3NO5/c24-23(25,26)19-6-5-13(32-19)10-27-16-4-2-1-3-14(16)15-11-29-20-7-17-18(31-12-30-17)8-22(15,20)9-21(27)28/h3-4,6,8,13,15,17,20-21,28H,1-2,5,7,9-12H2/t13?,15-,17?,20?,21?,22?/m0/s1. The molecule has 1 spiro atoms. The van der Waals surface area contributed by atoms with Gasteiger partial charge in [-0.15, -0.1) is 0 Å². The number of hydrogen-bond donors (Lipinski definition) is 1. The van der Waals surface area contributed by atoms with E-state index < -0.39 is 29.7 Å². The lowest BCUT2D eigenvalue weighted by molar-refractivity contribution is -0.136. The molecule has 0 bridgehead atoms. The third kappa shape index (κ3) is 3.12. The number of nitrogens with zero attached hydrogens (tertiary/aromatic N) is 1. The Hall–Kier alpha value is -1.97. The van der Waals surface area contributed by atoms with E-state index in [2.05, 4.69) is 18.2 Å². The van der Waals surface area contributed by atoms with Crippen LogP contribution in [0.1, 0.15) is 32.1 Å². The van der Waals surface area contributed by atoms with E-state index >= 15 is 0 Å². The Morgan fingerprint density at radius 2 is 2.00 bits per heavy atom. The Kier molecular flexibility index (Phi) is 4.68. The van der Waals surface area contributed by atoms with Gasteiger partial charge in [0.25, 0.3) is 0 Å². The molecule has 1 N–H and O–H groups in total. The maximum atomic E-state index is 13.1. The highest BCUT2D eigenvalue weighted by molar-refractivity contribution is 5.42. The molecule has 174 valence electrons. The SMILES string of the molecule is OC1CC23C=C4OCOC4CC2OC[C@H]3C2=CCCC=C2N1CC1CC=C(C(F)(F)F)O1. The number of aliphatic hydroxyl groups is 1. The lowest BCUT2D eigenvalue weighted by atomic mass is 9.64. The van der Waals surface area contributed by atoms with Gasteiger partial charge in [-0.3, -0.25) is 0 Å². The van der Waals surface area contributed by atoms with Gasteiger partial charge in [0.05, 0.1) is 19.3 Å². The summed E-state index contributed by atoms with van der Waals surface area (Å²) in [6.45, 7) is 0.943. The molecule has 32 heavy (non-hydrogen) atoms. The Morgan fingerprint density at radius 3 is 2.81 bits per heavy atom. The predicted octanol–water partition coefficient (Wildman–Crippen LogP) is 3.51. The van der Waals surface area contributed by atoms with E-state index in [4.69, 9.17) is 18.9 Å². The zero-order valence-electron chi connectivity index (χ0n) is 17.5. The van der Waals surface area contributed by atoms with Crippen molar-refractivity contribution in [3.05, 3.63) is 47.1 Å². The molecular formula is C23H26F3NO5. The maximum absolute atomic E-state index is 13.1. The molecule has 0 aromatic heterocycles. The van der Waals surface area contributed by atoms with Crippen molar-refractivity contribution < 1.29 is 37.2 Å². The predicted molar refractivity (Wildman–Crippen MR) is 106 cm³/mol. The smallest absolute Gasteiger partial charge is 0.448 e. The lowest BCUT2D eigenvalue weighted by Gasteiger charge is -2.40. The van der Waals surface area contributed by atoms with Crippen LogP contribution in [0.4, 0.5) is 13.2 Å². The summed E-state index contributed by atoms with van der Waals surface area (Å²) in [4.78, 5) is 1.84. The third-order valence-corrected chi connectivity index (χ3v) is 7.65. The largest absolute Gasteiger partial charge is 0.484 e. The van der Waals surface area contributed by atoms with E-state index in [0.29, 0.717) is 19.4 Å². The zero-order chi connectivity index (χ0) is 22.1. The van der Waals surface area contributed by atoms with Crippen LogP contribution in [-0.2, 0) is 18.9 Å². The number of allylic oxidation sites excluding steroid dienone is 4. The number of aliphatic hydroxyl groups excluding tert-OH is 1. The van der Waals surface area contributed by atoms with Crippen molar-refractivity contribution in [3.63, 3.8) is 0 Å². The fourth-order valence-electron chi connectivity index (χ4n) is 6.20. The van der Waals surface area contributed by atoms with Gasteiger partial charge in [0.1, 0.15) is 24.2 Å². The second-order valence-electron chi connectivity index (χ2n) is 9.39. The van der Waals surface area contributed by atoms with Crippen LogP contribution in [0.15, 0.2) is 47.1 Å². The molecule has 0 amide bonds. The van der Waals surface area contributed by atoms with Gasteiger partial charge in [-0.2, -0.15) is 13.2 Å². The first-order valence-corrected chi connectivity index (χ1v) is 11.2. The Balaban J connectivity index is 1.33. The summed E-state index contributed by atoms with van der Waals surface area (Å²) < 4.78 is 62.0. The summed E-state index contributed by atoms with van der Waals surface area (Å²) in [6.07, 6.45) is 4.19. The van der Waals surface area contributed by atoms with Crippen molar-refractivity contribution >= 4 is 0 Å². The lowest BCUT2D eigenvalue weighted by Crippen LogP contribution is -2.45. The second-order valence-corrected chi connectivity index (χ2v) is 9.39. The number of fused-ring (bicyclic) bond motifs is 3. The molecule has 6 atom stereocenters. The van der Waals surface area contributed by atoms with E-state index in [0.717, 1.165) is 35.9 Å². The number of rotatable bonds is 2. The van der Waals surface area contributed by atoms with Crippen LogP contribution < -0.4 is 0 Å². The molecule has 6 rings (SSSR count). The minimum absolute atomic E-state index is 0.0460. The summed E-state index contributed by atoms with van der Waals surface area (Å²) in [6, 6.07) is 0. The summed E-state index contributed by atoms with van der Waals surface area (Å²) in [7, 11) is 0. The highest BCUT2D eigenvalue weighted by atomic mass is 19.4. The molecule has 3 saturated heterocycles. The molecule has 0 radical (unpaired) electrons. The normalized spacial score (nSPS) is 40.5. The zero-order valence-corrected chi connectivity index (χ0v) is 17.5. The number of halogens is 3. The summed E-state index contributed by atoms with van der Waals surface area (Å²) >= 11 is 0. The molecule has 0 aromatic carbocycles. The van der Waals surface area contributed by atoms with E-state index in [9.17, 15) is 18.3 Å². The molecule has 2 aliphatic carbocycles. The van der Waals surface area contributed by atoms with Crippen molar-refractivity contribution in [2.75, 3.05) is 19.9 Å². The monoisotopic (exact) mass is 453 g/mol. The van der Waals surface area contributed by atoms with E-state index in [-0.39, 0.29) is 37.9 Å². The summed E-state index contributed by atoms with van der Waals surface area (Å²) in [5, 5.41) is 11.4. The molecule has 6 aliphatic rings. The Bertz CT molecular complexity index is 925. The molecule has 0 saturated carbocycles. The first kappa shape index (κ1) is 20.6. The van der Waals surface area contributed by atoms with Crippen LogP contribution in [0, 0.1) is 11.3 Å². The second kappa shape index (κ2) is 7.27. The minimum Gasteiger partial charge on any atom is -0.484 e. The van der Waals surface area contributed by atoms with Gasteiger partial charge in [-0.25, -0.2) is 0 Å². The van der Waals surface area contributed by atoms with Crippen molar-refractivity contribution in [2.24, 2.45) is 11.3 Å². The van der Waals surface area contributed by atoms with Crippen molar-refractivity contribution in [1.82, 2.24) is 4.90 Å². The van der Waals surface area contributed by atoms with Crippen LogP contribution in [0.2, 0.25) is 0 Å². The third-order valence-electron chi connectivity index (χ3n) is 7.65. The molecular weight excluding hydrogens is 427 g/mol. The van der Waals surface area contributed by atoms with Gasteiger partial charge >= 0.3 is 6.18 Å². The van der Waals surface area contributed by atoms with Gasteiger partial charge < -0.3 is 29.0 Å². The van der Waals surface area contributed by atoms with Gasteiger partial charge in [0.15, 0.2) is 12.6 Å². The first-order chi connectivity index (χ1) is 15.3. The fourth-order valence-corrected chi connectivity index (χ4v) is 6.20. The number of ether oxygens (including phenoxy) is 4. The highest BCUT2D eigenvalue weighted by Crippen LogP contribution is 2.58. The van der Waals surface area contributed by atoms with E-state index in [1.165, 1.54) is 0 Å². The molecule has 4 aliphatic heterocycles. The number of alkyl halides is 3. The first-order valence-electron chi connectivity index (χ1n) is 11.2. The van der Waals surface area contributed by atoms with Crippen molar-refractivity contribution in [2.45, 2.75) is 62.8 Å². The average molecular weight is 453 g/mol. The topological polar surface area (TPSA) is 60.4 Å². The van der Waals surface area contributed by atoms with Crippen LogP contribution in [0.5, 0.6) is 0 Å². The van der Waals surface area contributed by atoms with E-state index in [1.54, 1.807) is 0 Å². The highest BCUT2D eigenvalue weighted by Gasteiger charge is 2.59. The number of likely N-dealkylation sites (tertiary alicyclic amines) is 1. The number of hydrogen-bond acceptors (Lipinski definition) is 6. The van der Waals surface area contributed by atoms with Crippen molar-refractivity contribution in [3.8, 4) is 0 Å². The minimum atomic E-state index is -4.49. The van der Waals surface area contributed by atoms with Crippen LogP contribution in [-0.4, -0.2) is 60.7 Å². The molecule has 4 heterocycles. The van der Waals surface area contributed by atoms with Gasteiger partial charge in [0, 0.05) is 36.3 Å². The average Bonchev–Trinajstić information content (AvgIpc) is 3.46. The summed E-state index contributed by atoms with van der Waals surface area (Å²) in [5.41, 5.74) is 1.55. The fraction of sp³-hybridized carbons (Fsp3) is 0.652. The maximum Gasteiger partial charge on any atom is 0.448 e. The van der Waals surface area contributed by atoms with Crippen molar-refractivity contribution in [1.29, 1.82) is 0 Å². The Morgan fingerprint density at radius 1 is 1.16 bits per heavy atom. The molecule has 5 unspecified atom stereocenters. The quantitative estimate of drug-likeness (QED) is 0.691. The van der Waals surface area contributed by atoms with Crippen LogP contribution >= 0.6 is 0 Å². The molecule has 6 nitrogen and oxygen atoms in total. The van der Waals surface area contributed by atoms with Crippen LogP contribution in [0.3, 0.4) is 0 Å². The van der Waals surface area contributed by atoms with Gasteiger partial charge in [-0.1, -0.05) is 12.2 Å². The summed E-state index contributed by atoms with van der Waals surface area (Å²) in [5.74, 6) is -0.0900. The molecule has 0 aromatic rings. The Labute approximate surface area is 183 Å². The van der Waals surface area contributed by atoms with E-state index in [1.807, 2.05) is 4.90 Å². The van der Waals surface area contributed by atoms with Gasteiger partial charge in [-0.05, 0) is 30.6 Å². The van der Waals surface area contributed by atoms with Gasteiger partial charge in [0.2, 0.25) is 0 Å². The molecule has 3 fully saturated rings. The van der Waals surface area contributed by atoms with Crippen LogP contribution in [0.25, 0.3) is 0 Å².